The lowest BCUT2D eigenvalue weighted by molar-refractivity contribution is 1.42. The molecule has 0 aliphatic rings. The number of rotatable bonds is 2. The number of hydrogen-bond donors (Lipinski definition) is 0. The monoisotopic (exact) mass is 248 g/mol. The predicted octanol–water partition coefficient (Wildman–Crippen LogP) is 5.04. The molecular weight excluding hydrogens is 236 g/mol. The van der Waals surface area contributed by atoms with E-state index in [1.807, 2.05) is 13.0 Å². The fourth-order valence-electron chi connectivity index (χ4n) is 1.64. The molecule has 2 aromatic carbocycles. The van der Waals surface area contributed by atoms with Gasteiger partial charge in [0.15, 0.2) is 0 Å². The fourth-order valence-corrected chi connectivity index (χ4v) is 2.44. The van der Waals surface area contributed by atoms with Gasteiger partial charge in [-0.3, -0.25) is 0 Å². The van der Waals surface area contributed by atoms with Crippen LogP contribution in [0.15, 0.2) is 47.4 Å². The van der Waals surface area contributed by atoms with Crippen LogP contribution in [0.2, 0.25) is 5.02 Å². The van der Waals surface area contributed by atoms with Crippen LogP contribution in [-0.4, -0.2) is 6.26 Å². The van der Waals surface area contributed by atoms with Gasteiger partial charge < -0.3 is 0 Å². The normalized spacial score (nSPS) is 10.4. The lowest BCUT2D eigenvalue weighted by Gasteiger charge is -2.08. The summed E-state index contributed by atoms with van der Waals surface area (Å²) in [5.74, 6) is 0. The van der Waals surface area contributed by atoms with Gasteiger partial charge in [-0.05, 0) is 42.0 Å². The highest BCUT2D eigenvalue weighted by Crippen LogP contribution is 2.32. The van der Waals surface area contributed by atoms with Crippen LogP contribution in [0, 0.1) is 6.92 Å². The summed E-state index contributed by atoms with van der Waals surface area (Å²) in [7, 11) is 0. The molecule has 0 aliphatic carbocycles. The van der Waals surface area contributed by atoms with Crippen molar-refractivity contribution in [3.8, 4) is 11.1 Å². The second kappa shape index (κ2) is 4.94. The molecular formula is C14H13ClS. The molecule has 0 bridgehead atoms. The van der Waals surface area contributed by atoms with E-state index in [2.05, 4.69) is 42.7 Å². The Labute approximate surface area is 106 Å². The van der Waals surface area contributed by atoms with Gasteiger partial charge in [0, 0.05) is 9.92 Å². The molecule has 2 heteroatoms. The number of aryl methyl sites for hydroxylation is 1. The van der Waals surface area contributed by atoms with E-state index in [1.165, 1.54) is 16.0 Å². The van der Waals surface area contributed by atoms with Crippen molar-refractivity contribution >= 4 is 23.4 Å². The fraction of sp³-hybridized carbons (Fsp3) is 0.143. The molecule has 0 fully saturated rings. The third kappa shape index (κ3) is 2.26. The molecule has 16 heavy (non-hydrogen) atoms. The Hall–Kier alpha value is -0.920. The average Bonchev–Trinajstić information content (AvgIpc) is 2.32. The average molecular weight is 249 g/mol. The summed E-state index contributed by atoms with van der Waals surface area (Å²) in [5, 5.41) is 0.827. The minimum Gasteiger partial charge on any atom is -0.129 e. The van der Waals surface area contributed by atoms with E-state index in [0.29, 0.717) is 0 Å². The highest BCUT2D eigenvalue weighted by Gasteiger charge is 2.04. The van der Waals surface area contributed by atoms with Gasteiger partial charge in [0.05, 0.1) is 0 Å². The molecule has 0 N–H and O–H groups in total. The first kappa shape index (κ1) is 11.6. The third-order valence-corrected chi connectivity index (χ3v) is 3.79. The smallest absolute Gasteiger partial charge is 0.0441 e. The molecule has 0 unspecified atom stereocenters. The number of hydrogen-bond acceptors (Lipinski definition) is 1. The molecule has 0 saturated heterocycles. The minimum atomic E-state index is 0.827. The zero-order valence-corrected chi connectivity index (χ0v) is 10.9. The standard InChI is InChI=1S/C14H13ClS/c1-10-7-8-11(9-13(10)15)12-5-3-4-6-14(12)16-2/h3-9H,1-2H3. The second-order valence-corrected chi connectivity index (χ2v) is 4.92. The van der Waals surface area contributed by atoms with Crippen molar-refractivity contribution in [3.63, 3.8) is 0 Å². The Balaban J connectivity index is 2.54. The summed E-state index contributed by atoms with van der Waals surface area (Å²) in [6.45, 7) is 2.02. The first-order valence-electron chi connectivity index (χ1n) is 5.12. The van der Waals surface area contributed by atoms with Crippen LogP contribution >= 0.6 is 23.4 Å². The second-order valence-electron chi connectivity index (χ2n) is 3.66. The molecule has 0 aliphatic heterocycles. The van der Waals surface area contributed by atoms with E-state index in [9.17, 15) is 0 Å². The summed E-state index contributed by atoms with van der Waals surface area (Å²) in [6.07, 6.45) is 2.09. The largest absolute Gasteiger partial charge is 0.129 e. The summed E-state index contributed by atoms with van der Waals surface area (Å²) >= 11 is 7.91. The van der Waals surface area contributed by atoms with E-state index in [4.69, 9.17) is 11.6 Å². The molecule has 0 radical (unpaired) electrons. The van der Waals surface area contributed by atoms with Gasteiger partial charge in [-0.15, -0.1) is 11.8 Å². The lowest BCUT2D eigenvalue weighted by atomic mass is 10.0. The van der Waals surface area contributed by atoms with Crippen LogP contribution in [0.4, 0.5) is 0 Å². The Morgan fingerprint density at radius 1 is 1.06 bits per heavy atom. The topological polar surface area (TPSA) is 0 Å². The zero-order valence-electron chi connectivity index (χ0n) is 9.33. The first-order valence-corrected chi connectivity index (χ1v) is 6.72. The molecule has 0 atom stereocenters. The van der Waals surface area contributed by atoms with Crippen molar-refractivity contribution < 1.29 is 0 Å². The van der Waals surface area contributed by atoms with E-state index in [0.717, 1.165) is 10.6 Å². The highest BCUT2D eigenvalue weighted by atomic mass is 35.5. The summed E-state index contributed by atoms with van der Waals surface area (Å²) in [5.41, 5.74) is 3.55. The maximum absolute atomic E-state index is 6.15. The highest BCUT2D eigenvalue weighted by molar-refractivity contribution is 7.98. The van der Waals surface area contributed by atoms with Gasteiger partial charge in [-0.2, -0.15) is 0 Å². The lowest BCUT2D eigenvalue weighted by Crippen LogP contribution is -1.83. The van der Waals surface area contributed by atoms with Gasteiger partial charge in [0.1, 0.15) is 0 Å². The Kier molecular flexibility index (Phi) is 3.57. The van der Waals surface area contributed by atoms with Crippen molar-refractivity contribution in [3.05, 3.63) is 53.1 Å². The van der Waals surface area contributed by atoms with Crippen molar-refractivity contribution in [2.24, 2.45) is 0 Å². The third-order valence-electron chi connectivity index (χ3n) is 2.59. The van der Waals surface area contributed by atoms with Crippen molar-refractivity contribution in [1.82, 2.24) is 0 Å². The molecule has 2 rings (SSSR count). The van der Waals surface area contributed by atoms with Crippen LogP contribution in [0.25, 0.3) is 11.1 Å². The zero-order chi connectivity index (χ0) is 11.5. The number of halogens is 1. The maximum Gasteiger partial charge on any atom is 0.0441 e. The van der Waals surface area contributed by atoms with E-state index in [1.54, 1.807) is 11.8 Å². The Morgan fingerprint density at radius 2 is 1.81 bits per heavy atom. The van der Waals surface area contributed by atoms with E-state index in [-0.39, 0.29) is 0 Å². The van der Waals surface area contributed by atoms with Crippen molar-refractivity contribution in [2.75, 3.05) is 6.26 Å². The van der Waals surface area contributed by atoms with Gasteiger partial charge in [-0.1, -0.05) is 41.9 Å². The molecule has 0 amide bonds. The number of thioether (sulfide) groups is 1. The number of benzene rings is 2. The van der Waals surface area contributed by atoms with Crippen LogP contribution in [-0.2, 0) is 0 Å². The van der Waals surface area contributed by atoms with Crippen molar-refractivity contribution in [1.29, 1.82) is 0 Å². The van der Waals surface area contributed by atoms with Crippen molar-refractivity contribution in [2.45, 2.75) is 11.8 Å². The van der Waals surface area contributed by atoms with E-state index < -0.39 is 0 Å². The van der Waals surface area contributed by atoms with Gasteiger partial charge in [-0.25, -0.2) is 0 Å². The molecule has 0 nitrogen and oxygen atoms in total. The summed E-state index contributed by atoms with van der Waals surface area (Å²) < 4.78 is 0. The maximum atomic E-state index is 6.15. The van der Waals surface area contributed by atoms with Crippen LogP contribution in [0.3, 0.4) is 0 Å². The molecule has 82 valence electrons. The minimum absolute atomic E-state index is 0.827. The Morgan fingerprint density at radius 3 is 2.50 bits per heavy atom. The van der Waals surface area contributed by atoms with Gasteiger partial charge >= 0.3 is 0 Å². The Bertz CT molecular complexity index is 506. The molecule has 0 saturated carbocycles. The molecule has 0 heterocycles. The van der Waals surface area contributed by atoms with Gasteiger partial charge in [0.25, 0.3) is 0 Å². The van der Waals surface area contributed by atoms with Crippen LogP contribution in [0.5, 0.6) is 0 Å². The molecule has 2 aromatic rings. The van der Waals surface area contributed by atoms with E-state index >= 15 is 0 Å². The SMILES string of the molecule is CSc1ccccc1-c1ccc(C)c(Cl)c1. The summed E-state index contributed by atoms with van der Waals surface area (Å²) in [6, 6.07) is 14.6. The van der Waals surface area contributed by atoms with Gasteiger partial charge in [0.2, 0.25) is 0 Å². The van der Waals surface area contributed by atoms with Crippen LogP contribution in [0.1, 0.15) is 5.56 Å². The molecule has 0 spiro atoms. The first-order chi connectivity index (χ1) is 7.72. The predicted molar refractivity (Wildman–Crippen MR) is 73.4 cm³/mol. The molecule has 0 aromatic heterocycles. The quantitative estimate of drug-likeness (QED) is 0.671. The van der Waals surface area contributed by atoms with Crippen LogP contribution < -0.4 is 0 Å². The summed E-state index contributed by atoms with van der Waals surface area (Å²) in [4.78, 5) is 1.28.